The number of hydrogen-bond donors (Lipinski definition) is 1. The van der Waals surface area contributed by atoms with Gasteiger partial charge in [0.25, 0.3) is 0 Å². The predicted octanol–water partition coefficient (Wildman–Crippen LogP) is 4.32. The number of allylic oxidation sites excluding steroid dienone is 1. The smallest absolute Gasteiger partial charge is 0.107 e. The first kappa shape index (κ1) is 18.6. The first-order valence-electron chi connectivity index (χ1n) is 6.99. The van der Waals surface area contributed by atoms with E-state index in [1.165, 1.54) is 0 Å². The quantitative estimate of drug-likeness (QED) is 0.581. The maximum Gasteiger partial charge on any atom is 0.107 e. The molecule has 3 heteroatoms. The van der Waals surface area contributed by atoms with E-state index >= 15 is 0 Å². The molecule has 2 nitrogen and oxygen atoms in total. The van der Waals surface area contributed by atoms with Crippen molar-refractivity contribution in [2.75, 3.05) is 0 Å². The summed E-state index contributed by atoms with van der Waals surface area (Å²) in [6.07, 6.45) is 2.35. The van der Waals surface area contributed by atoms with Gasteiger partial charge in [-0.25, -0.2) is 0 Å². The van der Waals surface area contributed by atoms with E-state index in [0.717, 1.165) is 12.0 Å². The van der Waals surface area contributed by atoms with Crippen molar-refractivity contribution in [3.63, 3.8) is 0 Å². The SMILES string of the molecule is C=CC/C(=C\[Si](C)(C)C)C(OC(C)(C)C)C(C)(C)O. The van der Waals surface area contributed by atoms with Crippen LogP contribution >= 0.6 is 0 Å². The summed E-state index contributed by atoms with van der Waals surface area (Å²) in [5.74, 6) is 0. The highest BCUT2D eigenvalue weighted by molar-refractivity contribution is 6.81. The van der Waals surface area contributed by atoms with Gasteiger partial charge >= 0.3 is 0 Å². The van der Waals surface area contributed by atoms with Gasteiger partial charge in [-0.1, -0.05) is 31.4 Å². The van der Waals surface area contributed by atoms with Gasteiger partial charge in [-0.3, -0.25) is 0 Å². The molecule has 0 fully saturated rings. The van der Waals surface area contributed by atoms with Crippen molar-refractivity contribution >= 4 is 8.07 Å². The lowest BCUT2D eigenvalue weighted by atomic mass is 9.92. The van der Waals surface area contributed by atoms with E-state index < -0.39 is 13.7 Å². The standard InChI is InChI=1S/C16H32O2Si/c1-10-11-13(12-19(7,8)9)14(16(5,6)17)18-15(2,3)4/h10,12,14,17H,1,11H2,2-9H3/b13-12+. The minimum Gasteiger partial charge on any atom is -0.387 e. The normalized spacial score (nSPS) is 16.4. The lowest BCUT2D eigenvalue weighted by molar-refractivity contribution is -0.128. The Balaban J connectivity index is 5.52. The molecule has 0 heterocycles. The van der Waals surface area contributed by atoms with Crippen LogP contribution in [0.25, 0.3) is 0 Å². The summed E-state index contributed by atoms with van der Waals surface area (Å²) < 4.78 is 6.12. The van der Waals surface area contributed by atoms with Crippen LogP contribution in [0.2, 0.25) is 19.6 Å². The van der Waals surface area contributed by atoms with Crippen LogP contribution in [0.5, 0.6) is 0 Å². The second-order valence-corrected chi connectivity index (χ2v) is 12.9. The molecule has 1 N–H and O–H groups in total. The van der Waals surface area contributed by atoms with Gasteiger partial charge in [-0.15, -0.1) is 6.58 Å². The fourth-order valence-corrected chi connectivity index (χ4v) is 3.37. The van der Waals surface area contributed by atoms with Crippen LogP contribution in [0, 0.1) is 0 Å². The molecule has 0 aliphatic rings. The van der Waals surface area contributed by atoms with E-state index in [2.05, 4.69) is 31.9 Å². The maximum absolute atomic E-state index is 10.4. The topological polar surface area (TPSA) is 29.5 Å². The fourth-order valence-electron chi connectivity index (χ4n) is 1.99. The molecule has 0 aromatic heterocycles. The van der Waals surface area contributed by atoms with Crippen molar-refractivity contribution in [1.82, 2.24) is 0 Å². The molecule has 0 amide bonds. The second kappa shape index (κ2) is 6.38. The zero-order chi connectivity index (χ0) is 15.5. The van der Waals surface area contributed by atoms with Crippen molar-refractivity contribution in [3.05, 3.63) is 23.9 Å². The van der Waals surface area contributed by atoms with Gasteiger partial charge in [0.15, 0.2) is 0 Å². The molecular formula is C16H32O2Si. The number of hydrogen-bond acceptors (Lipinski definition) is 2. The average molecular weight is 285 g/mol. The Morgan fingerprint density at radius 1 is 1.21 bits per heavy atom. The molecule has 0 saturated carbocycles. The molecule has 0 radical (unpaired) electrons. The van der Waals surface area contributed by atoms with E-state index in [9.17, 15) is 5.11 Å². The molecule has 0 spiro atoms. The molecular weight excluding hydrogens is 252 g/mol. The van der Waals surface area contributed by atoms with Gasteiger partial charge in [0, 0.05) is 0 Å². The fraction of sp³-hybridized carbons (Fsp3) is 0.750. The zero-order valence-corrected chi connectivity index (χ0v) is 15.0. The van der Waals surface area contributed by atoms with Gasteiger partial charge in [0.05, 0.1) is 19.3 Å². The van der Waals surface area contributed by atoms with Crippen LogP contribution in [0.3, 0.4) is 0 Å². The van der Waals surface area contributed by atoms with Gasteiger partial charge in [0.2, 0.25) is 0 Å². The number of rotatable bonds is 6. The van der Waals surface area contributed by atoms with Gasteiger partial charge in [0.1, 0.15) is 6.10 Å². The minimum atomic E-state index is -1.38. The molecule has 1 unspecified atom stereocenters. The molecule has 19 heavy (non-hydrogen) atoms. The second-order valence-electron chi connectivity index (χ2n) is 7.84. The number of ether oxygens (including phenoxy) is 1. The van der Waals surface area contributed by atoms with E-state index in [4.69, 9.17) is 4.74 Å². The van der Waals surface area contributed by atoms with E-state index in [0.29, 0.717) is 0 Å². The van der Waals surface area contributed by atoms with Gasteiger partial charge in [-0.05, 0) is 46.6 Å². The Labute approximate surface area is 120 Å². The molecule has 0 aliphatic carbocycles. The van der Waals surface area contributed by atoms with Crippen molar-refractivity contribution in [2.45, 2.75) is 78.0 Å². The molecule has 1 atom stereocenters. The van der Waals surface area contributed by atoms with E-state index in [-0.39, 0.29) is 11.7 Å². The highest BCUT2D eigenvalue weighted by Gasteiger charge is 2.34. The Bertz CT molecular complexity index is 324. The summed E-state index contributed by atoms with van der Waals surface area (Å²) in [5, 5.41) is 10.4. The summed E-state index contributed by atoms with van der Waals surface area (Å²) in [5.41, 5.74) is 2.28. The third-order valence-electron chi connectivity index (χ3n) is 2.45. The lowest BCUT2D eigenvalue weighted by Gasteiger charge is -2.37. The largest absolute Gasteiger partial charge is 0.387 e. The lowest BCUT2D eigenvalue weighted by Crippen LogP contribution is -2.44. The van der Waals surface area contributed by atoms with Crippen molar-refractivity contribution in [1.29, 1.82) is 0 Å². The number of aliphatic hydroxyl groups is 1. The van der Waals surface area contributed by atoms with Crippen LogP contribution in [0.1, 0.15) is 41.0 Å². The highest BCUT2D eigenvalue weighted by atomic mass is 28.3. The molecule has 0 aliphatic heterocycles. The Hall–Kier alpha value is -0.383. The van der Waals surface area contributed by atoms with Crippen molar-refractivity contribution in [2.24, 2.45) is 0 Å². The summed E-state index contributed by atoms with van der Waals surface area (Å²) in [6.45, 7) is 20.4. The van der Waals surface area contributed by atoms with E-state index in [1.54, 1.807) is 0 Å². The summed E-state index contributed by atoms with van der Waals surface area (Å²) in [7, 11) is -1.38. The highest BCUT2D eigenvalue weighted by Crippen LogP contribution is 2.29. The monoisotopic (exact) mass is 284 g/mol. The Morgan fingerprint density at radius 3 is 1.95 bits per heavy atom. The molecule has 0 rings (SSSR count). The molecule has 112 valence electrons. The van der Waals surface area contributed by atoms with Crippen LogP contribution in [0.4, 0.5) is 0 Å². The van der Waals surface area contributed by atoms with Crippen LogP contribution < -0.4 is 0 Å². The molecule has 0 aromatic carbocycles. The third-order valence-corrected chi connectivity index (χ3v) is 3.69. The summed E-state index contributed by atoms with van der Waals surface area (Å²) >= 11 is 0. The summed E-state index contributed by atoms with van der Waals surface area (Å²) in [6, 6.07) is 0. The Morgan fingerprint density at radius 2 is 1.68 bits per heavy atom. The zero-order valence-electron chi connectivity index (χ0n) is 14.0. The molecule has 0 bridgehead atoms. The Kier molecular flexibility index (Phi) is 6.25. The van der Waals surface area contributed by atoms with Crippen LogP contribution in [-0.4, -0.2) is 30.5 Å². The first-order chi connectivity index (χ1) is 8.26. The van der Waals surface area contributed by atoms with Crippen molar-refractivity contribution < 1.29 is 9.84 Å². The van der Waals surface area contributed by atoms with Crippen molar-refractivity contribution in [3.8, 4) is 0 Å². The third kappa shape index (κ3) is 8.40. The van der Waals surface area contributed by atoms with E-state index in [1.807, 2.05) is 40.7 Å². The van der Waals surface area contributed by atoms with Crippen LogP contribution in [0.15, 0.2) is 23.9 Å². The maximum atomic E-state index is 10.4. The minimum absolute atomic E-state index is 0.287. The summed E-state index contributed by atoms with van der Waals surface area (Å²) in [4.78, 5) is 0. The predicted molar refractivity (Wildman–Crippen MR) is 87.2 cm³/mol. The first-order valence-corrected chi connectivity index (χ1v) is 10.6. The van der Waals surface area contributed by atoms with Gasteiger partial charge < -0.3 is 9.84 Å². The average Bonchev–Trinajstić information content (AvgIpc) is 2.08. The van der Waals surface area contributed by atoms with Crippen LogP contribution in [-0.2, 0) is 4.74 Å². The molecule has 0 saturated heterocycles. The molecule has 0 aromatic rings. The van der Waals surface area contributed by atoms with Gasteiger partial charge in [-0.2, -0.15) is 0 Å².